The molecule has 100 valence electrons. The molecule has 0 saturated heterocycles. The van der Waals surface area contributed by atoms with Gasteiger partial charge in [0.05, 0.1) is 0 Å². The van der Waals surface area contributed by atoms with Crippen molar-refractivity contribution in [3.05, 3.63) is 29.6 Å². The van der Waals surface area contributed by atoms with Crippen molar-refractivity contribution in [3.63, 3.8) is 0 Å². The van der Waals surface area contributed by atoms with Crippen LogP contribution in [-0.2, 0) is 4.74 Å². The highest BCUT2D eigenvalue weighted by Crippen LogP contribution is 2.23. The third-order valence-electron chi connectivity index (χ3n) is 1.90. The molecule has 18 heavy (non-hydrogen) atoms. The number of benzene rings is 1. The summed E-state index contributed by atoms with van der Waals surface area (Å²) in [6.07, 6.45) is 0. The zero-order valence-electron chi connectivity index (χ0n) is 10.6. The van der Waals surface area contributed by atoms with Crippen molar-refractivity contribution >= 4 is 5.97 Å². The summed E-state index contributed by atoms with van der Waals surface area (Å²) < 4.78 is 35.2. The largest absolute Gasteiger partial charge is 0.490 e. The fourth-order valence-electron chi connectivity index (χ4n) is 1.27. The van der Waals surface area contributed by atoms with E-state index in [0.29, 0.717) is 0 Å². The van der Waals surface area contributed by atoms with Crippen LogP contribution in [-0.4, -0.2) is 24.9 Å². The number of carbonyl (C=O) groups excluding carboxylic acids is 1. The van der Waals surface area contributed by atoms with Crippen LogP contribution in [0.2, 0.25) is 0 Å². The van der Waals surface area contributed by atoms with E-state index in [1.807, 2.05) is 0 Å². The monoisotopic (exact) mass is 258 g/mol. The quantitative estimate of drug-likeness (QED) is 0.778. The number of rotatable bonds is 4. The molecule has 0 unspecified atom stereocenters. The van der Waals surface area contributed by atoms with Crippen LogP contribution in [0.15, 0.2) is 18.2 Å². The van der Waals surface area contributed by atoms with Gasteiger partial charge in [0.25, 0.3) is 0 Å². The van der Waals surface area contributed by atoms with Crippen LogP contribution in [0.1, 0.15) is 31.1 Å². The Morgan fingerprint density at radius 3 is 2.56 bits per heavy atom. The van der Waals surface area contributed by atoms with E-state index in [2.05, 4.69) is 0 Å². The third-order valence-corrected chi connectivity index (χ3v) is 1.90. The van der Waals surface area contributed by atoms with Crippen molar-refractivity contribution in [1.29, 1.82) is 0 Å². The van der Waals surface area contributed by atoms with Crippen LogP contribution >= 0.6 is 0 Å². The normalized spacial score (nSPS) is 11.2. The number of hydrogen-bond donors (Lipinski definition) is 0. The second kappa shape index (κ2) is 5.80. The van der Waals surface area contributed by atoms with E-state index in [4.69, 9.17) is 9.47 Å². The van der Waals surface area contributed by atoms with Crippen molar-refractivity contribution in [2.45, 2.75) is 26.4 Å². The first-order chi connectivity index (χ1) is 8.33. The third kappa shape index (κ3) is 4.31. The van der Waals surface area contributed by atoms with Gasteiger partial charge in [-0.15, -0.1) is 0 Å². The first-order valence-corrected chi connectivity index (χ1v) is 5.55. The van der Waals surface area contributed by atoms with Crippen LogP contribution < -0.4 is 4.74 Å². The molecule has 0 N–H and O–H groups in total. The Hall–Kier alpha value is -1.65. The standard InChI is InChI=1S/C13H16F2O3/c1-13(2,3)18-12(16)10-5-4-9(15)8-11(10)17-7-6-14/h4-5,8H,6-7H2,1-3H3. The molecule has 0 aliphatic carbocycles. The summed E-state index contributed by atoms with van der Waals surface area (Å²) in [4.78, 5) is 11.8. The molecule has 0 amide bonds. The number of halogens is 2. The van der Waals surface area contributed by atoms with Crippen LogP contribution in [0.3, 0.4) is 0 Å². The van der Waals surface area contributed by atoms with Gasteiger partial charge in [-0.1, -0.05) is 0 Å². The Morgan fingerprint density at radius 2 is 2.00 bits per heavy atom. The maximum atomic E-state index is 13.0. The fraction of sp³-hybridized carbons (Fsp3) is 0.462. The summed E-state index contributed by atoms with van der Waals surface area (Å²) in [6, 6.07) is 3.42. The van der Waals surface area contributed by atoms with E-state index in [0.717, 1.165) is 12.1 Å². The lowest BCUT2D eigenvalue weighted by atomic mass is 10.1. The number of carbonyl (C=O) groups is 1. The van der Waals surface area contributed by atoms with Crippen molar-refractivity contribution in [3.8, 4) is 5.75 Å². The molecule has 0 spiro atoms. The molecule has 0 aliphatic rings. The molecule has 0 fully saturated rings. The van der Waals surface area contributed by atoms with Gasteiger partial charge in [0.2, 0.25) is 0 Å². The lowest BCUT2D eigenvalue weighted by molar-refractivity contribution is 0.00655. The number of esters is 1. The van der Waals surface area contributed by atoms with Crippen molar-refractivity contribution in [1.82, 2.24) is 0 Å². The summed E-state index contributed by atoms with van der Waals surface area (Å²) in [6.45, 7) is 4.20. The minimum Gasteiger partial charge on any atom is -0.490 e. The molecule has 0 bridgehead atoms. The molecule has 0 aromatic heterocycles. The predicted molar refractivity (Wildman–Crippen MR) is 63.0 cm³/mol. The summed E-state index contributed by atoms with van der Waals surface area (Å²) >= 11 is 0. The first kappa shape index (κ1) is 14.4. The Labute approximate surface area is 105 Å². The minimum absolute atomic E-state index is 0.0121. The maximum Gasteiger partial charge on any atom is 0.342 e. The number of alkyl halides is 1. The Balaban J connectivity index is 2.96. The molecule has 0 atom stereocenters. The minimum atomic E-state index is -0.718. The molecule has 0 heterocycles. The van der Waals surface area contributed by atoms with Gasteiger partial charge in [-0.3, -0.25) is 0 Å². The van der Waals surface area contributed by atoms with Crippen LogP contribution in [0, 0.1) is 5.82 Å². The second-order valence-electron chi connectivity index (χ2n) is 4.68. The average molecular weight is 258 g/mol. The van der Waals surface area contributed by atoms with Gasteiger partial charge in [-0.2, -0.15) is 0 Å². The Kier molecular flexibility index (Phi) is 4.64. The van der Waals surface area contributed by atoms with E-state index < -0.39 is 24.1 Å². The molecule has 1 rings (SSSR count). The number of hydrogen-bond acceptors (Lipinski definition) is 3. The molecule has 0 aliphatic heterocycles. The highest BCUT2D eigenvalue weighted by atomic mass is 19.1. The molecular formula is C13H16F2O3. The lowest BCUT2D eigenvalue weighted by Crippen LogP contribution is -2.24. The Morgan fingerprint density at radius 1 is 1.33 bits per heavy atom. The second-order valence-corrected chi connectivity index (χ2v) is 4.68. The molecule has 0 saturated carbocycles. The van der Waals surface area contributed by atoms with Crippen molar-refractivity contribution in [2.75, 3.05) is 13.3 Å². The summed E-state index contributed by atoms with van der Waals surface area (Å²) in [5, 5.41) is 0. The van der Waals surface area contributed by atoms with Crippen LogP contribution in [0.25, 0.3) is 0 Å². The van der Waals surface area contributed by atoms with Gasteiger partial charge in [-0.25, -0.2) is 13.6 Å². The molecular weight excluding hydrogens is 242 g/mol. The van der Waals surface area contributed by atoms with Gasteiger partial charge in [0.15, 0.2) is 0 Å². The molecule has 1 aromatic carbocycles. The van der Waals surface area contributed by atoms with Gasteiger partial charge in [-0.05, 0) is 32.9 Å². The van der Waals surface area contributed by atoms with Gasteiger partial charge in [0.1, 0.15) is 36.0 Å². The molecule has 3 nitrogen and oxygen atoms in total. The zero-order valence-corrected chi connectivity index (χ0v) is 10.6. The maximum absolute atomic E-state index is 13.0. The van der Waals surface area contributed by atoms with E-state index in [9.17, 15) is 13.6 Å². The first-order valence-electron chi connectivity index (χ1n) is 5.55. The van der Waals surface area contributed by atoms with E-state index >= 15 is 0 Å². The van der Waals surface area contributed by atoms with Gasteiger partial charge >= 0.3 is 5.97 Å². The molecule has 5 heteroatoms. The van der Waals surface area contributed by atoms with Crippen molar-refractivity contribution in [2.24, 2.45) is 0 Å². The summed E-state index contributed by atoms with van der Waals surface area (Å²) in [5.41, 5.74) is -0.581. The number of ether oxygens (including phenoxy) is 2. The SMILES string of the molecule is CC(C)(C)OC(=O)c1ccc(F)cc1OCCF. The van der Waals surface area contributed by atoms with Gasteiger partial charge < -0.3 is 9.47 Å². The van der Waals surface area contributed by atoms with E-state index in [1.165, 1.54) is 6.07 Å². The fourth-order valence-corrected chi connectivity index (χ4v) is 1.27. The van der Waals surface area contributed by atoms with E-state index in [1.54, 1.807) is 20.8 Å². The smallest absolute Gasteiger partial charge is 0.342 e. The average Bonchev–Trinajstić information content (AvgIpc) is 2.23. The van der Waals surface area contributed by atoms with Gasteiger partial charge in [0, 0.05) is 6.07 Å². The molecule has 0 radical (unpaired) electrons. The summed E-state index contributed by atoms with van der Waals surface area (Å²) in [7, 11) is 0. The van der Waals surface area contributed by atoms with Crippen LogP contribution in [0.5, 0.6) is 5.75 Å². The predicted octanol–water partition coefficient (Wildman–Crippen LogP) is 3.13. The highest BCUT2D eigenvalue weighted by molar-refractivity contribution is 5.92. The van der Waals surface area contributed by atoms with E-state index in [-0.39, 0.29) is 17.9 Å². The highest BCUT2D eigenvalue weighted by Gasteiger charge is 2.21. The Bertz CT molecular complexity index is 425. The lowest BCUT2D eigenvalue weighted by Gasteiger charge is -2.20. The molecule has 1 aromatic rings. The zero-order chi connectivity index (χ0) is 13.8. The topological polar surface area (TPSA) is 35.5 Å². The van der Waals surface area contributed by atoms with Crippen LogP contribution in [0.4, 0.5) is 8.78 Å². The van der Waals surface area contributed by atoms with Crippen molar-refractivity contribution < 1.29 is 23.0 Å². The summed E-state index contributed by atoms with van der Waals surface area (Å²) in [5.74, 6) is -1.20.